The van der Waals surface area contributed by atoms with E-state index in [0.29, 0.717) is 5.92 Å². The summed E-state index contributed by atoms with van der Waals surface area (Å²) in [7, 11) is 4.23. The van der Waals surface area contributed by atoms with Crippen LogP contribution >= 0.6 is 0 Å². The third kappa shape index (κ3) is 2.94. The highest BCUT2D eigenvalue weighted by Crippen LogP contribution is 2.44. The average molecular weight is 512 g/mol. The number of benzene rings is 3. The van der Waals surface area contributed by atoms with Crippen molar-refractivity contribution in [3.63, 3.8) is 0 Å². The number of fused-ring (bicyclic) bond motifs is 11. The van der Waals surface area contributed by atoms with E-state index in [0.717, 1.165) is 40.2 Å². The minimum absolute atomic E-state index is 0.361. The Morgan fingerprint density at radius 1 is 0.846 bits per heavy atom. The summed E-state index contributed by atoms with van der Waals surface area (Å²) in [5.41, 5.74) is 10.5. The van der Waals surface area contributed by atoms with Crippen molar-refractivity contribution in [3.8, 4) is 17.2 Å². The Labute approximate surface area is 225 Å². The van der Waals surface area contributed by atoms with Gasteiger partial charge in [-0.1, -0.05) is 44.2 Å². The summed E-state index contributed by atoms with van der Waals surface area (Å²) in [6, 6.07) is 23.7. The molecule has 1 aliphatic heterocycles. The smallest absolute Gasteiger partial charge is 0.297 e. The third-order valence-electron chi connectivity index (χ3n) is 8.36. The Hall–Kier alpha value is -4.71. The van der Waals surface area contributed by atoms with E-state index in [9.17, 15) is 0 Å². The molecule has 39 heavy (non-hydrogen) atoms. The monoisotopic (exact) mass is 511 g/mol. The quantitative estimate of drug-likeness (QED) is 0.209. The van der Waals surface area contributed by atoms with Gasteiger partial charge in [0.1, 0.15) is 22.7 Å². The molecule has 6 nitrogen and oxygen atoms in total. The van der Waals surface area contributed by atoms with E-state index in [1.165, 1.54) is 38.6 Å². The molecule has 0 aliphatic carbocycles. The summed E-state index contributed by atoms with van der Waals surface area (Å²) in [5, 5.41) is 2.37. The molecule has 1 aliphatic rings. The van der Waals surface area contributed by atoms with Crippen molar-refractivity contribution in [3.05, 3.63) is 102 Å². The number of aromatic nitrogens is 5. The van der Waals surface area contributed by atoms with Crippen LogP contribution in [-0.2, 0) is 20.5 Å². The number of nitrogens with zero attached hydrogens (tertiary/aromatic N) is 5. The van der Waals surface area contributed by atoms with E-state index in [1.54, 1.807) is 0 Å². The largest absolute Gasteiger partial charge is 0.455 e. The Morgan fingerprint density at radius 2 is 1.67 bits per heavy atom. The van der Waals surface area contributed by atoms with Crippen molar-refractivity contribution in [2.75, 3.05) is 0 Å². The topological polar surface area (TPSA) is 39.2 Å². The normalized spacial score (nSPS) is 12.9. The van der Waals surface area contributed by atoms with E-state index in [-0.39, 0.29) is 0 Å². The number of rotatable bonds is 2. The van der Waals surface area contributed by atoms with Gasteiger partial charge in [-0.05, 0) is 41.8 Å². The van der Waals surface area contributed by atoms with Crippen LogP contribution in [0, 0.1) is 0 Å². The van der Waals surface area contributed by atoms with Crippen molar-refractivity contribution in [1.29, 1.82) is 0 Å². The Balaban J connectivity index is 1.55. The molecule has 5 heterocycles. The van der Waals surface area contributed by atoms with Gasteiger partial charge < -0.3 is 4.74 Å². The maximum absolute atomic E-state index is 6.61. The maximum Gasteiger partial charge on any atom is 0.297 e. The lowest BCUT2D eigenvalue weighted by Gasteiger charge is -2.23. The summed E-state index contributed by atoms with van der Waals surface area (Å²) < 4.78 is 15.6. The first kappa shape index (κ1) is 22.3. The standard InChI is InChI=1S/C33H29N5O/c1-20(2)21-10-7-14-27-30(21)32-31(33-36(4)25-11-5-6-12-26(25)38(27)33)23-18-22-24(37-17-9-16-35(37)3)13-8-15-28(22)39-29(23)19-34-32/h5-17,19-20H,18H2,1-4H3/q+2. The third-order valence-corrected chi connectivity index (χ3v) is 8.36. The molecule has 0 N–H and O–H groups in total. The second kappa shape index (κ2) is 7.90. The molecule has 0 unspecified atom stereocenters. The van der Waals surface area contributed by atoms with Gasteiger partial charge >= 0.3 is 0 Å². The van der Waals surface area contributed by atoms with Crippen LogP contribution in [0.1, 0.15) is 36.5 Å². The van der Waals surface area contributed by atoms with E-state index in [4.69, 9.17) is 9.72 Å². The van der Waals surface area contributed by atoms with Crippen LogP contribution in [0.3, 0.4) is 0 Å². The van der Waals surface area contributed by atoms with Gasteiger partial charge in [-0.25, -0.2) is 4.57 Å². The van der Waals surface area contributed by atoms with Crippen molar-refractivity contribution in [2.45, 2.75) is 26.2 Å². The molecule has 0 atom stereocenters. The van der Waals surface area contributed by atoms with Gasteiger partial charge in [-0.15, -0.1) is 9.36 Å². The molecular weight excluding hydrogens is 482 g/mol. The van der Waals surface area contributed by atoms with E-state index in [2.05, 4.69) is 125 Å². The maximum atomic E-state index is 6.61. The summed E-state index contributed by atoms with van der Waals surface area (Å²) >= 11 is 0. The molecule has 4 aromatic heterocycles. The van der Waals surface area contributed by atoms with Crippen molar-refractivity contribution >= 4 is 38.5 Å². The van der Waals surface area contributed by atoms with E-state index in [1.807, 2.05) is 6.20 Å². The van der Waals surface area contributed by atoms with Gasteiger partial charge in [0.05, 0.1) is 35.7 Å². The molecule has 7 aromatic rings. The molecule has 0 saturated carbocycles. The number of aryl methyl sites for hydroxylation is 2. The first-order valence-electron chi connectivity index (χ1n) is 13.5. The number of pyridine rings is 2. The molecule has 0 radical (unpaired) electrons. The van der Waals surface area contributed by atoms with Crippen LogP contribution in [0.2, 0.25) is 0 Å². The average Bonchev–Trinajstić information content (AvgIpc) is 3.51. The van der Waals surface area contributed by atoms with Gasteiger partial charge in [0.15, 0.2) is 24.3 Å². The highest BCUT2D eigenvalue weighted by Gasteiger charge is 2.31. The SMILES string of the molecule is CC(C)c1cccc2c1c1ncc3c(c1c1n2c2ccccc2[n+]1C)Cc1c(cccc1-n1ccc[n+]1C)O3. The van der Waals surface area contributed by atoms with Crippen LogP contribution in [0.5, 0.6) is 11.5 Å². The Morgan fingerprint density at radius 3 is 2.49 bits per heavy atom. The van der Waals surface area contributed by atoms with Gasteiger partial charge in [-0.2, -0.15) is 4.40 Å². The molecule has 8 rings (SSSR count). The fraction of sp³-hybridized carbons (Fsp3) is 0.182. The van der Waals surface area contributed by atoms with Crippen molar-refractivity contribution in [2.24, 2.45) is 14.1 Å². The molecule has 0 bridgehead atoms. The van der Waals surface area contributed by atoms with Crippen LogP contribution in [0.4, 0.5) is 0 Å². The van der Waals surface area contributed by atoms with Crippen LogP contribution < -0.4 is 14.0 Å². The fourth-order valence-corrected chi connectivity index (χ4v) is 6.56. The van der Waals surface area contributed by atoms with E-state index < -0.39 is 0 Å². The predicted molar refractivity (Wildman–Crippen MR) is 153 cm³/mol. The summed E-state index contributed by atoms with van der Waals surface area (Å²) in [6.07, 6.45) is 6.84. The molecule has 0 saturated heterocycles. The minimum atomic E-state index is 0.361. The van der Waals surface area contributed by atoms with Crippen molar-refractivity contribution in [1.82, 2.24) is 14.1 Å². The number of hydrogen-bond acceptors (Lipinski definition) is 2. The molecular formula is C33H29N5O+2. The lowest BCUT2D eigenvalue weighted by molar-refractivity contribution is -0.744. The zero-order valence-electron chi connectivity index (χ0n) is 22.5. The van der Waals surface area contributed by atoms with Crippen molar-refractivity contribution < 1.29 is 14.0 Å². The molecule has 0 fully saturated rings. The predicted octanol–water partition coefficient (Wildman–Crippen LogP) is 6.05. The zero-order chi connectivity index (χ0) is 26.4. The van der Waals surface area contributed by atoms with Gasteiger partial charge in [0.25, 0.3) is 5.65 Å². The molecule has 6 heteroatoms. The highest BCUT2D eigenvalue weighted by molar-refractivity contribution is 6.14. The molecule has 0 spiro atoms. The number of hydrogen-bond donors (Lipinski definition) is 0. The van der Waals surface area contributed by atoms with E-state index >= 15 is 0 Å². The molecule has 0 amide bonds. The van der Waals surface area contributed by atoms with Gasteiger partial charge in [0.2, 0.25) is 0 Å². The fourth-order valence-electron chi connectivity index (χ4n) is 6.56. The number of para-hydroxylation sites is 2. The zero-order valence-corrected chi connectivity index (χ0v) is 22.5. The highest BCUT2D eigenvalue weighted by atomic mass is 16.5. The Bertz CT molecular complexity index is 2130. The van der Waals surface area contributed by atoms with Gasteiger partial charge in [0, 0.05) is 23.6 Å². The van der Waals surface area contributed by atoms with Crippen LogP contribution in [0.15, 0.2) is 85.3 Å². The Kier molecular flexibility index (Phi) is 4.51. The molecule has 3 aromatic carbocycles. The second-order valence-electron chi connectivity index (χ2n) is 10.9. The summed E-state index contributed by atoms with van der Waals surface area (Å²) in [4.78, 5) is 5.13. The lowest BCUT2D eigenvalue weighted by atomic mass is 9.92. The summed E-state index contributed by atoms with van der Waals surface area (Å²) in [5.74, 6) is 2.08. The minimum Gasteiger partial charge on any atom is -0.455 e. The van der Waals surface area contributed by atoms with Gasteiger partial charge in [-0.3, -0.25) is 4.98 Å². The van der Waals surface area contributed by atoms with Crippen LogP contribution in [0.25, 0.3) is 44.2 Å². The number of imidazole rings is 1. The lowest BCUT2D eigenvalue weighted by Crippen LogP contribution is -2.37. The first-order chi connectivity index (χ1) is 19.0. The number of ether oxygens (including phenoxy) is 1. The second-order valence-corrected chi connectivity index (χ2v) is 10.9. The van der Waals surface area contributed by atoms with Crippen LogP contribution in [-0.4, -0.2) is 14.1 Å². The summed E-state index contributed by atoms with van der Waals surface area (Å²) in [6.45, 7) is 4.53. The molecule has 190 valence electrons. The first-order valence-corrected chi connectivity index (χ1v) is 13.5.